The second-order valence-electron chi connectivity index (χ2n) is 20.5. The molecule has 0 aliphatic rings. The minimum atomic E-state index is -0.819. The van der Waals surface area contributed by atoms with Crippen LogP contribution in [0.3, 0.4) is 0 Å². The number of rotatable bonds is 56. The highest BCUT2D eigenvalue weighted by Gasteiger charge is 2.19. The van der Waals surface area contributed by atoms with Gasteiger partial charge in [-0.15, -0.1) is 0 Å². The second-order valence-corrected chi connectivity index (χ2v) is 20.5. The van der Waals surface area contributed by atoms with Crippen LogP contribution in [0.25, 0.3) is 0 Å². The van der Waals surface area contributed by atoms with Gasteiger partial charge in [0.15, 0.2) is 6.10 Å². The molecule has 0 saturated carbocycles. The minimum absolute atomic E-state index is 0.112. The summed E-state index contributed by atoms with van der Waals surface area (Å²) < 4.78 is 16.9. The van der Waals surface area contributed by atoms with Crippen molar-refractivity contribution in [1.29, 1.82) is 0 Å². The highest BCUT2D eigenvalue weighted by molar-refractivity contribution is 5.71. The molecule has 0 N–H and O–H groups in total. The molecule has 0 aromatic rings. The summed E-state index contributed by atoms with van der Waals surface area (Å²) in [6.45, 7) is 6.24. The van der Waals surface area contributed by atoms with Crippen molar-refractivity contribution in [3.63, 3.8) is 0 Å². The number of hydrogen-bond donors (Lipinski definition) is 0. The topological polar surface area (TPSA) is 78.9 Å². The third-order valence-corrected chi connectivity index (χ3v) is 12.9. The molecular weight excluding hydrogens is 997 g/mol. The summed E-state index contributed by atoms with van der Waals surface area (Å²) in [7, 11) is 0. The predicted octanol–water partition coefficient (Wildman–Crippen LogP) is 22.4. The number of unbranched alkanes of at least 4 members (excludes halogenated alkanes) is 15. The summed E-state index contributed by atoms with van der Waals surface area (Å²) in [6, 6.07) is 0. The quantitative estimate of drug-likeness (QED) is 0.0261. The number of ether oxygens (including phenoxy) is 3. The lowest BCUT2D eigenvalue weighted by atomic mass is 10.1. The molecule has 0 atom stereocenters. The normalized spacial score (nSPS) is 13.0. The fraction of sp³-hybridized carbons (Fsp3) is 0.560. The maximum atomic E-state index is 12.9. The van der Waals surface area contributed by atoms with E-state index >= 15 is 0 Å². The Morgan fingerprint density at radius 2 is 0.444 bits per heavy atom. The number of allylic oxidation sites excluding steroid dienone is 30. The van der Waals surface area contributed by atoms with Gasteiger partial charge in [-0.05, 0) is 154 Å². The van der Waals surface area contributed by atoms with Crippen LogP contribution in [0.2, 0.25) is 0 Å². The van der Waals surface area contributed by atoms with Gasteiger partial charge in [-0.1, -0.05) is 261 Å². The van der Waals surface area contributed by atoms with E-state index in [0.717, 1.165) is 212 Å². The number of hydrogen-bond acceptors (Lipinski definition) is 6. The summed E-state index contributed by atoms with van der Waals surface area (Å²) >= 11 is 0. The minimum Gasteiger partial charge on any atom is -0.462 e. The van der Waals surface area contributed by atoms with Crippen LogP contribution in [0.4, 0.5) is 0 Å². The summed E-state index contributed by atoms with van der Waals surface area (Å²) in [6.07, 6.45) is 100. The predicted molar refractivity (Wildman–Crippen MR) is 352 cm³/mol. The first-order chi connectivity index (χ1) is 40.0. The van der Waals surface area contributed by atoms with Crippen LogP contribution in [-0.2, 0) is 28.6 Å². The van der Waals surface area contributed by atoms with Crippen molar-refractivity contribution in [2.45, 2.75) is 258 Å². The van der Waals surface area contributed by atoms with Gasteiger partial charge >= 0.3 is 17.9 Å². The SMILES string of the molecule is CC/C=C\C/C=C\C/C=C\C/C=C\C/C=C\CCCCCCCC(=O)OCC(COC(=O)CCCCCCC/C=C\C/C=C\C/C=C\C/C=C\C/C=C\CC)OC(=O)CCCCCCC/C=C\C/C=C\C/C=C\C/C=C\C/C=C\CC. The highest BCUT2D eigenvalue weighted by Crippen LogP contribution is 2.13. The van der Waals surface area contributed by atoms with Gasteiger partial charge in [0, 0.05) is 19.3 Å². The van der Waals surface area contributed by atoms with Crippen molar-refractivity contribution >= 4 is 17.9 Å². The number of carbonyl (C=O) groups is 3. The van der Waals surface area contributed by atoms with Crippen LogP contribution in [0, 0.1) is 0 Å². The Labute approximate surface area is 497 Å². The van der Waals surface area contributed by atoms with Gasteiger partial charge < -0.3 is 14.2 Å². The largest absolute Gasteiger partial charge is 0.462 e. The monoisotopic (exact) mass is 1110 g/mol. The van der Waals surface area contributed by atoms with E-state index in [1.54, 1.807) is 0 Å². The third kappa shape index (κ3) is 65.2. The van der Waals surface area contributed by atoms with Crippen LogP contribution in [-0.4, -0.2) is 37.2 Å². The van der Waals surface area contributed by atoms with Gasteiger partial charge in [0.2, 0.25) is 0 Å². The lowest BCUT2D eigenvalue weighted by Gasteiger charge is -2.18. The molecule has 6 nitrogen and oxygen atoms in total. The molecule has 0 heterocycles. The Bertz CT molecular complexity index is 1810. The van der Waals surface area contributed by atoms with Crippen LogP contribution in [0.5, 0.6) is 0 Å². The molecule has 0 aliphatic carbocycles. The lowest BCUT2D eigenvalue weighted by molar-refractivity contribution is -0.167. The fourth-order valence-corrected chi connectivity index (χ4v) is 8.17. The molecule has 6 heteroatoms. The zero-order chi connectivity index (χ0) is 58.5. The smallest absolute Gasteiger partial charge is 0.306 e. The van der Waals surface area contributed by atoms with Gasteiger partial charge in [-0.3, -0.25) is 14.4 Å². The zero-order valence-corrected chi connectivity index (χ0v) is 51.7. The molecule has 0 radical (unpaired) electrons. The third-order valence-electron chi connectivity index (χ3n) is 12.9. The van der Waals surface area contributed by atoms with Crippen LogP contribution in [0.1, 0.15) is 252 Å². The molecule has 0 rings (SSSR count). The standard InChI is InChI=1S/C75H116O6/c1-4-7-10-13-16-19-22-25-28-31-34-37-40-43-46-49-52-55-58-61-64-67-73(76)79-70-72(81-75(78)69-66-63-60-57-54-51-48-45-42-39-36-33-30-27-24-21-18-15-12-9-6-3)71-80-74(77)68-65-62-59-56-53-50-47-44-41-38-35-32-29-26-23-20-17-14-11-8-5-2/h7-12,16-21,25-30,34-39,43-48,72H,4-6,13-15,22-24,31-33,40-42,49-71H2,1-3H3/b10-7-,11-8-,12-9-,19-16-,20-17-,21-18-,28-25-,29-26-,30-27-,37-34-,38-35-,39-36-,46-43-,47-44-,48-45-. The Kier molecular flexibility index (Phi) is 62.5. The molecule has 0 aromatic carbocycles. The highest BCUT2D eigenvalue weighted by atomic mass is 16.6. The van der Waals surface area contributed by atoms with Crippen molar-refractivity contribution in [2.75, 3.05) is 13.2 Å². The van der Waals surface area contributed by atoms with E-state index in [1.807, 2.05) is 0 Å². The van der Waals surface area contributed by atoms with E-state index in [1.165, 1.54) is 0 Å². The Balaban J connectivity index is 4.56. The first-order valence-corrected chi connectivity index (χ1v) is 32.3. The molecule has 0 amide bonds. The van der Waals surface area contributed by atoms with E-state index in [0.29, 0.717) is 12.8 Å². The van der Waals surface area contributed by atoms with Crippen LogP contribution >= 0.6 is 0 Å². The molecule has 0 saturated heterocycles. The zero-order valence-electron chi connectivity index (χ0n) is 51.7. The van der Waals surface area contributed by atoms with Crippen molar-refractivity contribution < 1.29 is 28.6 Å². The van der Waals surface area contributed by atoms with Crippen molar-refractivity contribution in [3.05, 3.63) is 182 Å². The van der Waals surface area contributed by atoms with E-state index in [2.05, 4.69) is 203 Å². The van der Waals surface area contributed by atoms with Gasteiger partial charge in [0.25, 0.3) is 0 Å². The lowest BCUT2D eigenvalue weighted by Crippen LogP contribution is -2.30. The number of carbonyl (C=O) groups excluding carboxylic acids is 3. The fourth-order valence-electron chi connectivity index (χ4n) is 8.17. The second kappa shape index (κ2) is 67.0. The van der Waals surface area contributed by atoms with E-state index in [9.17, 15) is 14.4 Å². The van der Waals surface area contributed by atoms with E-state index < -0.39 is 6.10 Å². The first-order valence-electron chi connectivity index (χ1n) is 32.3. The molecule has 81 heavy (non-hydrogen) atoms. The average molecular weight is 1110 g/mol. The Hall–Kier alpha value is -5.49. The number of esters is 3. The van der Waals surface area contributed by atoms with Gasteiger partial charge in [-0.2, -0.15) is 0 Å². The molecular formula is C75H116O6. The van der Waals surface area contributed by atoms with Crippen molar-refractivity contribution in [2.24, 2.45) is 0 Å². The Morgan fingerprint density at radius 3 is 0.691 bits per heavy atom. The molecule has 0 unspecified atom stereocenters. The summed E-state index contributed by atoms with van der Waals surface area (Å²) in [5.41, 5.74) is 0. The molecule has 0 bridgehead atoms. The molecule has 0 spiro atoms. The van der Waals surface area contributed by atoms with Gasteiger partial charge in [0.05, 0.1) is 0 Å². The molecule has 0 aromatic heterocycles. The van der Waals surface area contributed by atoms with Crippen molar-refractivity contribution in [1.82, 2.24) is 0 Å². The maximum Gasteiger partial charge on any atom is 0.306 e. The summed E-state index contributed by atoms with van der Waals surface area (Å²) in [5.74, 6) is -0.973. The molecule has 0 aliphatic heterocycles. The first kappa shape index (κ1) is 75.5. The average Bonchev–Trinajstić information content (AvgIpc) is 3.47. The van der Waals surface area contributed by atoms with Crippen LogP contribution in [0.15, 0.2) is 182 Å². The van der Waals surface area contributed by atoms with Gasteiger partial charge in [-0.25, -0.2) is 0 Å². The van der Waals surface area contributed by atoms with Crippen molar-refractivity contribution in [3.8, 4) is 0 Å². The van der Waals surface area contributed by atoms with Crippen LogP contribution < -0.4 is 0 Å². The van der Waals surface area contributed by atoms with E-state index in [4.69, 9.17) is 14.2 Å². The summed E-state index contributed by atoms with van der Waals surface area (Å²) in [4.78, 5) is 38.4. The molecule has 0 fully saturated rings. The molecule has 452 valence electrons. The Morgan fingerprint density at radius 1 is 0.247 bits per heavy atom. The van der Waals surface area contributed by atoms with Gasteiger partial charge in [0.1, 0.15) is 13.2 Å². The van der Waals surface area contributed by atoms with E-state index in [-0.39, 0.29) is 37.5 Å². The summed E-state index contributed by atoms with van der Waals surface area (Å²) in [5, 5.41) is 0. The maximum absolute atomic E-state index is 12.9.